The normalized spacial score (nSPS) is 13.2. The molecule has 1 aromatic carbocycles. The van der Waals surface area contributed by atoms with Crippen LogP contribution in [0.2, 0.25) is 0 Å². The van der Waals surface area contributed by atoms with Crippen molar-refractivity contribution in [3.05, 3.63) is 41.3 Å². The van der Waals surface area contributed by atoms with Gasteiger partial charge in [-0.05, 0) is 30.9 Å². The van der Waals surface area contributed by atoms with Crippen LogP contribution in [0, 0.1) is 12.3 Å². The first-order chi connectivity index (χ1) is 7.71. The molecule has 0 radical (unpaired) electrons. The molecule has 0 bridgehead atoms. The van der Waals surface area contributed by atoms with E-state index in [2.05, 4.69) is 20.8 Å². The van der Waals surface area contributed by atoms with E-state index >= 15 is 0 Å². The number of aryl methyl sites for hydroxylation is 1. The fourth-order valence-corrected chi connectivity index (χ4v) is 2.36. The highest BCUT2D eigenvalue weighted by atomic mass is 32.2. The summed E-state index contributed by atoms with van der Waals surface area (Å²) in [6, 6.07) is 6.91. The van der Waals surface area contributed by atoms with Crippen LogP contribution in [-0.2, 0) is 9.84 Å². The highest BCUT2D eigenvalue weighted by Crippen LogP contribution is 2.20. The van der Waals surface area contributed by atoms with Gasteiger partial charge in [-0.3, -0.25) is 0 Å². The molecule has 0 aliphatic carbocycles. The summed E-state index contributed by atoms with van der Waals surface area (Å²) in [5, 5.41) is 1.31. The van der Waals surface area contributed by atoms with Gasteiger partial charge in [0.15, 0.2) is 9.84 Å². The average molecular weight is 252 g/mol. The molecular formula is C14H20O2S. The van der Waals surface area contributed by atoms with Crippen LogP contribution >= 0.6 is 0 Å². The predicted octanol–water partition coefficient (Wildman–Crippen LogP) is 3.72. The molecule has 0 fully saturated rings. The zero-order chi connectivity index (χ0) is 13.1. The average Bonchev–Trinajstić information content (AvgIpc) is 2.15. The van der Waals surface area contributed by atoms with Gasteiger partial charge in [-0.15, -0.1) is 0 Å². The fourth-order valence-electron chi connectivity index (χ4n) is 1.33. The van der Waals surface area contributed by atoms with E-state index in [0.717, 1.165) is 12.0 Å². The van der Waals surface area contributed by atoms with Crippen molar-refractivity contribution >= 4 is 9.84 Å². The topological polar surface area (TPSA) is 34.1 Å². The van der Waals surface area contributed by atoms with E-state index < -0.39 is 9.84 Å². The molecule has 0 heterocycles. The van der Waals surface area contributed by atoms with E-state index in [0.29, 0.717) is 4.90 Å². The number of sulfone groups is 1. The van der Waals surface area contributed by atoms with Crippen molar-refractivity contribution in [2.45, 2.75) is 39.0 Å². The van der Waals surface area contributed by atoms with Crippen molar-refractivity contribution in [2.24, 2.45) is 5.41 Å². The van der Waals surface area contributed by atoms with Crippen LogP contribution in [0.25, 0.3) is 0 Å². The lowest BCUT2D eigenvalue weighted by Gasteiger charge is -2.14. The third-order valence-corrected chi connectivity index (χ3v) is 3.84. The van der Waals surface area contributed by atoms with Crippen molar-refractivity contribution in [3.8, 4) is 0 Å². The van der Waals surface area contributed by atoms with Crippen LogP contribution in [0.5, 0.6) is 0 Å². The predicted molar refractivity (Wildman–Crippen MR) is 71.6 cm³/mol. The Balaban J connectivity index is 2.86. The van der Waals surface area contributed by atoms with Gasteiger partial charge in [0.25, 0.3) is 0 Å². The molecule has 0 aliphatic rings. The molecule has 1 aromatic rings. The number of hydrogen-bond acceptors (Lipinski definition) is 2. The SMILES string of the molecule is Cc1ccc(S(=O)(=O)/C=C/CC(C)(C)C)cc1. The standard InChI is InChI=1S/C14H20O2S/c1-12-6-8-13(9-7-12)17(15,16)11-5-10-14(2,3)4/h5-9,11H,10H2,1-4H3/b11-5+. The summed E-state index contributed by atoms with van der Waals surface area (Å²) in [5.74, 6) is 0. The van der Waals surface area contributed by atoms with Gasteiger partial charge in [0.2, 0.25) is 0 Å². The smallest absolute Gasteiger partial charge is 0.199 e. The van der Waals surface area contributed by atoms with Gasteiger partial charge in [0, 0.05) is 5.41 Å². The van der Waals surface area contributed by atoms with Crippen LogP contribution in [0.1, 0.15) is 32.8 Å². The lowest BCUT2D eigenvalue weighted by molar-refractivity contribution is 0.421. The summed E-state index contributed by atoms with van der Waals surface area (Å²) in [6.07, 6.45) is 2.48. The molecule has 1 rings (SSSR count). The molecule has 17 heavy (non-hydrogen) atoms. The molecule has 0 saturated heterocycles. The first-order valence-electron chi connectivity index (χ1n) is 5.69. The van der Waals surface area contributed by atoms with Gasteiger partial charge < -0.3 is 0 Å². The molecule has 0 amide bonds. The zero-order valence-electron chi connectivity index (χ0n) is 10.9. The van der Waals surface area contributed by atoms with Crippen LogP contribution in [0.3, 0.4) is 0 Å². The molecule has 0 aromatic heterocycles. The van der Waals surface area contributed by atoms with Crippen molar-refractivity contribution in [1.29, 1.82) is 0 Å². The van der Waals surface area contributed by atoms with E-state index in [1.165, 1.54) is 5.41 Å². The third-order valence-electron chi connectivity index (χ3n) is 2.36. The summed E-state index contributed by atoms with van der Waals surface area (Å²) in [4.78, 5) is 0.355. The number of hydrogen-bond donors (Lipinski definition) is 0. The summed E-state index contributed by atoms with van der Waals surface area (Å²) < 4.78 is 23.9. The lowest BCUT2D eigenvalue weighted by atomic mass is 9.93. The largest absolute Gasteiger partial charge is 0.219 e. The Morgan fingerprint density at radius 1 is 1.12 bits per heavy atom. The second kappa shape index (κ2) is 5.05. The van der Waals surface area contributed by atoms with E-state index in [4.69, 9.17) is 0 Å². The van der Waals surface area contributed by atoms with Gasteiger partial charge >= 0.3 is 0 Å². The second-order valence-corrected chi connectivity index (χ2v) is 7.33. The van der Waals surface area contributed by atoms with Crippen molar-refractivity contribution in [1.82, 2.24) is 0 Å². The molecule has 0 N–H and O–H groups in total. The maximum absolute atomic E-state index is 11.9. The Morgan fingerprint density at radius 2 is 1.65 bits per heavy atom. The van der Waals surface area contributed by atoms with Gasteiger partial charge in [0.1, 0.15) is 0 Å². The van der Waals surface area contributed by atoms with Gasteiger partial charge in [0.05, 0.1) is 4.90 Å². The highest BCUT2D eigenvalue weighted by Gasteiger charge is 2.11. The van der Waals surface area contributed by atoms with Gasteiger partial charge in [-0.2, -0.15) is 0 Å². The number of benzene rings is 1. The summed E-state index contributed by atoms with van der Waals surface area (Å²) in [5.41, 5.74) is 1.17. The number of rotatable bonds is 3. The Hall–Kier alpha value is -1.09. The molecule has 0 atom stereocenters. The number of allylic oxidation sites excluding steroid dienone is 1. The minimum absolute atomic E-state index is 0.110. The van der Waals surface area contributed by atoms with E-state index in [-0.39, 0.29) is 5.41 Å². The van der Waals surface area contributed by atoms with E-state index in [1.807, 2.05) is 19.1 Å². The van der Waals surface area contributed by atoms with Crippen molar-refractivity contribution in [3.63, 3.8) is 0 Å². The Morgan fingerprint density at radius 3 is 2.12 bits per heavy atom. The Labute approximate surface area is 104 Å². The molecule has 3 heteroatoms. The first kappa shape index (κ1) is 14.0. The Bertz CT molecular complexity index is 488. The minimum Gasteiger partial charge on any atom is -0.219 e. The van der Waals surface area contributed by atoms with Crippen molar-refractivity contribution < 1.29 is 8.42 Å². The zero-order valence-corrected chi connectivity index (χ0v) is 11.7. The maximum atomic E-state index is 11.9. The Kier molecular flexibility index (Phi) is 4.15. The van der Waals surface area contributed by atoms with Crippen LogP contribution in [0.15, 0.2) is 40.6 Å². The van der Waals surface area contributed by atoms with Gasteiger partial charge in [-0.1, -0.05) is 44.5 Å². The van der Waals surface area contributed by atoms with E-state index in [9.17, 15) is 8.42 Å². The van der Waals surface area contributed by atoms with Crippen LogP contribution in [-0.4, -0.2) is 8.42 Å². The van der Waals surface area contributed by atoms with E-state index in [1.54, 1.807) is 18.2 Å². The molecule has 2 nitrogen and oxygen atoms in total. The molecule has 0 aliphatic heterocycles. The van der Waals surface area contributed by atoms with Gasteiger partial charge in [-0.25, -0.2) is 8.42 Å². The third kappa shape index (κ3) is 4.73. The summed E-state index contributed by atoms with van der Waals surface area (Å²) >= 11 is 0. The summed E-state index contributed by atoms with van der Waals surface area (Å²) in [7, 11) is -3.28. The molecule has 0 spiro atoms. The lowest BCUT2D eigenvalue weighted by Crippen LogP contribution is -2.03. The monoisotopic (exact) mass is 252 g/mol. The molecule has 94 valence electrons. The molecule has 0 unspecified atom stereocenters. The minimum atomic E-state index is -3.28. The summed E-state index contributed by atoms with van der Waals surface area (Å²) in [6.45, 7) is 8.17. The molecular weight excluding hydrogens is 232 g/mol. The first-order valence-corrected chi connectivity index (χ1v) is 7.24. The van der Waals surface area contributed by atoms with Crippen LogP contribution in [0.4, 0.5) is 0 Å². The fraction of sp³-hybridized carbons (Fsp3) is 0.429. The maximum Gasteiger partial charge on any atom is 0.199 e. The second-order valence-electron chi connectivity index (χ2n) is 5.49. The highest BCUT2D eigenvalue weighted by molar-refractivity contribution is 7.94. The quantitative estimate of drug-likeness (QED) is 0.821. The van der Waals surface area contributed by atoms with Crippen LogP contribution < -0.4 is 0 Å². The van der Waals surface area contributed by atoms with Crippen molar-refractivity contribution in [2.75, 3.05) is 0 Å². The molecule has 0 saturated carbocycles.